The quantitative estimate of drug-likeness (QED) is 0.856. The molecule has 2 heterocycles. The Kier molecular flexibility index (Phi) is 5.13. The first-order valence-corrected chi connectivity index (χ1v) is 8.69. The van der Waals surface area contributed by atoms with Crippen LogP contribution in [0, 0.1) is 5.92 Å². The number of rotatable bonds is 3. The van der Waals surface area contributed by atoms with Gasteiger partial charge in [0.15, 0.2) is 0 Å². The van der Waals surface area contributed by atoms with E-state index in [1.165, 1.54) is 4.90 Å². The van der Waals surface area contributed by atoms with E-state index in [-0.39, 0.29) is 18.5 Å². The van der Waals surface area contributed by atoms with Gasteiger partial charge < -0.3 is 20.2 Å². The van der Waals surface area contributed by atoms with Crippen molar-refractivity contribution in [2.75, 3.05) is 24.5 Å². The molecule has 0 saturated carbocycles. The van der Waals surface area contributed by atoms with E-state index in [1.807, 2.05) is 0 Å². The number of hydrogen-bond acceptors (Lipinski definition) is 3. The van der Waals surface area contributed by atoms with Gasteiger partial charge in [0.1, 0.15) is 6.04 Å². The van der Waals surface area contributed by atoms with Gasteiger partial charge in [0.05, 0.1) is 16.6 Å². The lowest BCUT2D eigenvalue weighted by Crippen LogP contribution is -2.51. The van der Waals surface area contributed by atoms with Crippen LogP contribution in [0.5, 0.6) is 0 Å². The fourth-order valence-corrected chi connectivity index (χ4v) is 3.56. The Balaban J connectivity index is 1.62. The van der Waals surface area contributed by atoms with Crippen LogP contribution in [-0.4, -0.2) is 53.6 Å². The zero-order valence-electron chi connectivity index (χ0n) is 13.7. The Morgan fingerprint density at radius 1 is 1.20 bits per heavy atom. The van der Waals surface area contributed by atoms with Crippen molar-refractivity contribution in [2.45, 2.75) is 25.3 Å². The number of carboxylic acids is 1. The number of carbonyl (C=O) groups excluding carboxylic acids is 2. The topological polar surface area (TPSA) is 89.9 Å². The minimum atomic E-state index is -0.890. The third kappa shape index (κ3) is 3.71. The molecule has 25 heavy (non-hydrogen) atoms. The lowest BCUT2D eigenvalue weighted by Gasteiger charge is -2.31. The van der Waals surface area contributed by atoms with E-state index in [1.54, 1.807) is 29.2 Å². The predicted molar refractivity (Wildman–Crippen MR) is 92.7 cm³/mol. The Bertz CT molecular complexity index is 696. The van der Waals surface area contributed by atoms with Crippen LogP contribution in [0.25, 0.3) is 0 Å². The van der Waals surface area contributed by atoms with Crippen LogP contribution in [0.15, 0.2) is 24.3 Å². The number of piperidine rings is 1. The van der Waals surface area contributed by atoms with Gasteiger partial charge in [-0.05, 0) is 31.4 Å². The first-order chi connectivity index (χ1) is 12.0. The summed E-state index contributed by atoms with van der Waals surface area (Å²) in [6.45, 7) is 1.16. The lowest BCUT2D eigenvalue weighted by molar-refractivity contribution is -0.143. The summed E-state index contributed by atoms with van der Waals surface area (Å²) in [5, 5.41) is 12.3. The monoisotopic (exact) mass is 365 g/mol. The molecule has 1 aromatic rings. The molecule has 2 aliphatic rings. The van der Waals surface area contributed by atoms with Gasteiger partial charge in [0, 0.05) is 19.6 Å². The molecule has 1 aromatic carbocycles. The molecule has 0 radical (unpaired) electrons. The molecule has 3 rings (SSSR count). The fourth-order valence-electron chi connectivity index (χ4n) is 3.33. The van der Waals surface area contributed by atoms with Crippen LogP contribution in [0.3, 0.4) is 0 Å². The minimum absolute atomic E-state index is 0.177. The van der Waals surface area contributed by atoms with E-state index in [0.29, 0.717) is 43.1 Å². The molecule has 7 nitrogen and oxygen atoms in total. The van der Waals surface area contributed by atoms with Gasteiger partial charge in [-0.1, -0.05) is 23.7 Å². The molecule has 2 N–H and O–H groups in total. The number of nitrogens with one attached hydrogen (secondary N) is 1. The maximum absolute atomic E-state index is 12.6. The molecule has 0 aliphatic carbocycles. The summed E-state index contributed by atoms with van der Waals surface area (Å²) in [7, 11) is 0. The van der Waals surface area contributed by atoms with Gasteiger partial charge >= 0.3 is 12.0 Å². The molecule has 2 fully saturated rings. The molecular weight excluding hydrogens is 346 g/mol. The van der Waals surface area contributed by atoms with E-state index in [0.717, 1.165) is 0 Å². The van der Waals surface area contributed by atoms with E-state index in [9.17, 15) is 14.4 Å². The van der Waals surface area contributed by atoms with Crippen molar-refractivity contribution in [1.29, 1.82) is 0 Å². The van der Waals surface area contributed by atoms with Gasteiger partial charge in [-0.25, -0.2) is 4.79 Å². The van der Waals surface area contributed by atoms with Crippen molar-refractivity contribution in [3.05, 3.63) is 29.3 Å². The highest BCUT2D eigenvalue weighted by molar-refractivity contribution is 6.34. The first kappa shape index (κ1) is 17.5. The highest BCUT2D eigenvalue weighted by Gasteiger charge is 2.36. The fraction of sp³-hybridized carbons (Fsp3) is 0.471. The van der Waals surface area contributed by atoms with Crippen LogP contribution < -0.4 is 10.2 Å². The molecule has 2 aliphatic heterocycles. The number of para-hydroxylation sites is 1. The Labute approximate surface area is 150 Å². The largest absolute Gasteiger partial charge is 0.481 e. The standard InChI is InChI=1S/C17H20ClN3O4/c18-12-5-1-2-6-14(12)21-9-7-13(15(21)22)19-17(25)20-8-3-4-11(10-20)16(23)24/h1-2,5-6,11,13H,3-4,7-10H2,(H,19,25)(H,23,24). The van der Waals surface area contributed by atoms with Crippen molar-refractivity contribution < 1.29 is 19.5 Å². The van der Waals surface area contributed by atoms with Crippen molar-refractivity contribution in [2.24, 2.45) is 5.92 Å². The average Bonchev–Trinajstić information content (AvgIpc) is 2.96. The normalized spacial score (nSPS) is 23.6. The van der Waals surface area contributed by atoms with Crippen molar-refractivity contribution in [3.8, 4) is 0 Å². The van der Waals surface area contributed by atoms with Crippen LogP contribution in [0.2, 0.25) is 5.02 Å². The maximum Gasteiger partial charge on any atom is 0.318 e. The van der Waals surface area contributed by atoms with Gasteiger partial charge in [0.25, 0.3) is 0 Å². The number of anilines is 1. The van der Waals surface area contributed by atoms with Gasteiger partial charge in [-0.3, -0.25) is 9.59 Å². The molecule has 134 valence electrons. The summed E-state index contributed by atoms with van der Waals surface area (Å²) < 4.78 is 0. The lowest BCUT2D eigenvalue weighted by atomic mass is 9.99. The number of carbonyl (C=O) groups is 3. The number of amides is 3. The molecule has 0 aromatic heterocycles. The van der Waals surface area contributed by atoms with Crippen molar-refractivity contribution >= 4 is 35.2 Å². The molecular formula is C17H20ClN3O4. The molecule has 2 unspecified atom stereocenters. The van der Waals surface area contributed by atoms with Crippen LogP contribution in [0.1, 0.15) is 19.3 Å². The molecule has 0 bridgehead atoms. The number of urea groups is 1. The smallest absolute Gasteiger partial charge is 0.318 e. The summed E-state index contributed by atoms with van der Waals surface area (Å²) in [5.41, 5.74) is 0.634. The number of hydrogen-bond donors (Lipinski definition) is 2. The number of carboxylic acid groups (broad SMARTS) is 1. The second kappa shape index (κ2) is 7.31. The summed E-state index contributed by atoms with van der Waals surface area (Å²) in [5.74, 6) is -1.63. The number of aliphatic carboxylic acids is 1. The Morgan fingerprint density at radius 3 is 2.68 bits per heavy atom. The molecule has 3 amide bonds. The average molecular weight is 366 g/mol. The second-order valence-corrected chi connectivity index (χ2v) is 6.76. The highest BCUT2D eigenvalue weighted by atomic mass is 35.5. The van der Waals surface area contributed by atoms with Gasteiger partial charge in [-0.15, -0.1) is 0 Å². The van der Waals surface area contributed by atoms with E-state index >= 15 is 0 Å². The van der Waals surface area contributed by atoms with Crippen LogP contribution in [-0.2, 0) is 9.59 Å². The number of benzene rings is 1. The molecule has 8 heteroatoms. The first-order valence-electron chi connectivity index (χ1n) is 8.31. The number of nitrogens with zero attached hydrogens (tertiary/aromatic N) is 2. The summed E-state index contributed by atoms with van der Waals surface area (Å²) in [6.07, 6.45) is 1.71. The Morgan fingerprint density at radius 2 is 1.96 bits per heavy atom. The van der Waals surface area contributed by atoms with E-state index in [4.69, 9.17) is 16.7 Å². The predicted octanol–water partition coefficient (Wildman–Crippen LogP) is 1.95. The second-order valence-electron chi connectivity index (χ2n) is 6.36. The molecule has 2 atom stereocenters. The van der Waals surface area contributed by atoms with E-state index < -0.39 is 17.9 Å². The van der Waals surface area contributed by atoms with Crippen molar-refractivity contribution in [1.82, 2.24) is 10.2 Å². The van der Waals surface area contributed by atoms with Crippen LogP contribution in [0.4, 0.5) is 10.5 Å². The molecule has 0 spiro atoms. The van der Waals surface area contributed by atoms with E-state index in [2.05, 4.69) is 5.32 Å². The van der Waals surface area contributed by atoms with Gasteiger partial charge in [0.2, 0.25) is 5.91 Å². The maximum atomic E-state index is 12.6. The SMILES string of the molecule is O=C(O)C1CCCN(C(=O)NC2CCN(c3ccccc3Cl)C2=O)C1. The summed E-state index contributed by atoms with van der Waals surface area (Å²) >= 11 is 6.15. The zero-order chi connectivity index (χ0) is 18.0. The van der Waals surface area contributed by atoms with Gasteiger partial charge in [-0.2, -0.15) is 0 Å². The number of halogens is 1. The highest BCUT2D eigenvalue weighted by Crippen LogP contribution is 2.29. The summed E-state index contributed by atoms with van der Waals surface area (Å²) in [6, 6.07) is 6.09. The number of likely N-dealkylation sites (tertiary alicyclic amines) is 1. The third-order valence-corrected chi connectivity index (χ3v) is 5.02. The minimum Gasteiger partial charge on any atom is -0.481 e. The van der Waals surface area contributed by atoms with Crippen molar-refractivity contribution in [3.63, 3.8) is 0 Å². The molecule has 2 saturated heterocycles. The third-order valence-electron chi connectivity index (χ3n) is 4.70. The zero-order valence-corrected chi connectivity index (χ0v) is 14.4. The summed E-state index contributed by atoms with van der Waals surface area (Å²) in [4.78, 5) is 39.2. The Hall–Kier alpha value is -2.28. The van der Waals surface area contributed by atoms with Crippen LogP contribution >= 0.6 is 11.6 Å².